The third kappa shape index (κ3) is 5.85. The Kier molecular flexibility index (Phi) is 7.80. The lowest BCUT2D eigenvalue weighted by Crippen LogP contribution is -2.24. The Morgan fingerprint density at radius 1 is 0.969 bits per heavy atom. The Balaban J connectivity index is 1.61. The van der Waals surface area contributed by atoms with Gasteiger partial charge in [0.1, 0.15) is 12.3 Å². The monoisotopic (exact) mass is 434 g/mol. The molecule has 0 aliphatic heterocycles. The molecule has 7 nitrogen and oxygen atoms in total. The van der Waals surface area contributed by atoms with Crippen molar-refractivity contribution in [2.75, 3.05) is 13.7 Å². The summed E-state index contributed by atoms with van der Waals surface area (Å²) in [6.45, 7) is 4.40. The van der Waals surface area contributed by atoms with Crippen LogP contribution in [-0.2, 0) is 17.9 Å². The Hall–Kier alpha value is -3.87. The summed E-state index contributed by atoms with van der Waals surface area (Å²) in [6.07, 6.45) is 0. The summed E-state index contributed by atoms with van der Waals surface area (Å²) < 4.78 is 16.3. The number of benzene rings is 2. The molecule has 166 valence electrons. The molecule has 1 heterocycles. The first-order chi connectivity index (χ1) is 15.5. The summed E-state index contributed by atoms with van der Waals surface area (Å²) in [5.41, 5.74) is 2.92. The largest absolute Gasteiger partial charge is 0.493 e. The molecule has 3 aromatic rings. The van der Waals surface area contributed by atoms with Crippen molar-refractivity contribution in [3.8, 4) is 11.5 Å². The SMILES string of the molecule is CCOC(=O)c1ccc(C(=O)NCc2ccc(OCc3ccccc3)c(OC)c2)nc1C. The van der Waals surface area contributed by atoms with E-state index in [1.807, 2.05) is 48.5 Å². The Bertz CT molecular complexity index is 1080. The Morgan fingerprint density at radius 2 is 1.75 bits per heavy atom. The quantitative estimate of drug-likeness (QED) is 0.511. The molecule has 1 amide bonds. The van der Waals surface area contributed by atoms with Gasteiger partial charge in [-0.15, -0.1) is 0 Å². The van der Waals surface area contributed by atoms with Gasteiger partial charge in [0, 0.05) is 6.54 Å². The molecule has 32 heavy (non-hydrogen) atoms. The highest BCUT2D eigenvalue weighted by Crippen LogP contribution is 2.29. The zero-order valence-corrected chi connectivity index (χ0v) is 18.4. The van der Waals surface area contributed by atoms with Gasteiger partial charge in [-0.2, -0.15) is 0 Å². The van der Waals surface area contributed by atoms with Crippen LogP contribution in [0.4, 0.5) is 0 Å². The van der Waals surface area contributed by atoms with E-state index in [9.17, 15) is 9.59 Å². The van der Waals surface area contributed by atoms with Crippen LogP contribution >= 0.6 is 0 Å². The van der Waals surface area contributed by atoms with Crippen molar-refractivity contribution in [2.45, 2.75) is 27.0 Å². The van der Waals surface area contributed by atoms with E-state index in [-0.39, 0.29) is 24.8 Å². The van der Waals surface area contributed by atoms with E-state index in [1.54, 1.807) is 27.0 Å². The molecular formula is C25H26N2O5. The van der Waals surface area contributed by atoms with Gasteiger partial charge in [-0.3, -0.25) is 4.79 Å². The first kappa shape index (κ1) is 22.8. The van der Waals surface area contributed by atoms with Crippen molar-refractivity contribution in [2.24, 2.45) is 0 Å². The van der Waals surface area contributed by atoms with E-state index in [2.05, 4.69) is 10.3 Å². The predicted molar refractivity (Wildman–Crippen MR) is 120 cm³/mol. The number of rotatable bonds is 9. The maximum absolute atomic E-state index is 12.5. The first-order valence-corrected chi connectivity index (χ1v) is 10.3. The van der Waals surface area contributed by atoms with Crippen molar-refractivity contribution in [1.29, 1.82) is 0 Å². The fourth-order valence-electron chi connectivity index (χ4n) is 3.06. The summed E-state index contributed by atoms with van der Waals surface area (Å²) in [5.74, 6) is 0.414. The maximum atomic E-state index is 12.5. The van der Waals surface area contributed by atoms with Gasteiger partial charge in [-0.05, 0) is 49.2 Å². The van der Waals surface area contributed by atoms with Gasteiger partial charge in [-0.25, -0.2) is 9.78 Å². The molecule has 0 saturated heterocycles. The second-order valence-electron chi connectivity index (χ2n) is 6.99. The third-order valence-electron chi connectivity index (χ3n) is 4.73. The minimum absolute atomic E-state index is 0.227. The summed E-state index contributed by atoms with van der Waals surface area (Å²) >= 11 is 0. The van der Waals surface area contributed by atoms with Crippen LogP contribution in [0.3, 0.4) is 0 Å². The van der Waals surface area contributed by atoms with Crippen molar-refractivity contribution < 1.29 is 23.8 Å². The Labute approximate surface area is 187 Å². The number of nitrogens with zero attached hydrogens (tertiary/aromatic N) is 1. The van der Waals surface area contributed by atoms with Crippen LogP contribution in [0.1, 0.15) is 44.6 Å². The van der Waals surface area contributed by atoms with Gasteiger partial charge in [-0.1, -0.05) is 36.4 Å². The molecule has 0 aliphatic rings. The van der Waals surface area contributed by atoms with E-state index in [0.717, 1.165) is 11.1 Å². The van der Waals surface area contributed by atoms with Crippen molar-refractivity contribution >= 4 is 11.9 Å². The van der Waals surface area contributed by atoms with Crippen LogP contribution in [0.15, 0.2) is 60.7 Å². The number of amides is 1. The number of hydrogen-bond acceptors (Lipinski definition) is 6. The highest BCUT2D eigenvalue weighted by molar-refractivity contribution is 5.95. The summed E-state index contributed by atoms with van der Waals surface area (Å²) in [7, 11) is 1.57. The maximum Gasteiger partial charge on any atom is 0.339 e. The van der Waals surface area contributed by atoms with E-state index >= 15 is 0 Å². The van der Waals surface area contributed by atoms with Crippen molar-refractivity contribution in [3.63, 3.8) is 0 Å². The number of carbonyl (C=O) groups is 2. The molecule has 0 spiro atoms. The zero-order chi connectivity index (χ0) is 22.9. The molecule has 1 aromatic heterocycles. The molecule has 0 fully saturated rings. The zero-order valence-electron chi connectivity index (χ0n) is 18.4. The van der Waals surface area contributed by atoms with Crippen molar-refractivity contribution in [1.82, 2.24) is 10.3 Å². The van der Waals surface area contributed by atoms with Gasteiger partial charge in [0.15, 0.2) is 11.5 Å². The van der Waals surface area contributed by atoms with Gasteiger partial charge in [0.25, 0.3) is 5.91 Å². The molecule has 0 radical (unpaired) electrons. The van der Waals surface area contributed by atoms with E-state index < -0.39 is 5.97 Å². The van der Waals surface area contributed by atoms with Gasteiger partial charge < -0.3 is 19.5 Å². The Morgan fingerprint density at radius 3 is 2.44 bits per heavy atom. The molecule has 3 rings (SSSR count). The predicted octanol–water partition coefficient (Wildman–Crippen LogP) is 4.08. The van der Waals surface area contributed by atoms with Crippen LogP contribution in [-0.4, -0.2) is 30.6 Å². The number of hydrogen-bond donors (Lipinski definition) is 1. The number of aryl methyl sites for hydroxylation is 1. The minimum atomic E-state index is -0.453. The van der Waals surface area contributed by atoms with E-state index in [4.69, 9.17) is 14.2 Å². The van der Waals surface area contributed by atoms with Crippen molar-refractivity contribution in [3.05, 3.63) is 88.7 Å². The molecule has 0 bridgehead atoms. The average Bonchev–Trinajstić information content (AvgIpc) is 2.82. The highest BCUT2D eigenvalue weighted by Gasteiger charge is 2.15. The fourth-order valence-corrected chi connectivity index (χ4v) is 3.06. The van der Waals surface area contributed by atoms with Crippen LogP contribution in [0, 0.1) is 6.92 Å². The van der Waals surface area contributed by atoms with Gasteiger partial charge >= 0.3 is 5.97 Å². The molecule has 0 aliphatic carbocycles. The van der Waals surface area contributed by atoms with Crippen LogP contribution in [0.25, 0.3) is 0 Å². The van der Waals surface area contributed by atoms with E-state index in [1.165, 1.54) is 6.07 Å². The number of nitrogens with one attached hydrogen (secondary N) is 1. The van der Waals surface area contributed by atoms with Gasteiger partial charge in [0.05, 0.1) is 25.0 Å². The first-order valence-electron chi connectivity index (χ1n) is 10.3. The highest BCUT2D eigenvalue weighted by atomic mass is 16.5. The minimum Gasteiger partial charge on any atom is -0.493 e. The summed E-state index contributed by atoms with van der Waals surface area (Å²) in [6, 6.07) is 18.4. The number of pyridine rings is 1. The number of ether oxygens (including phenoxy) is 3. The van der Waals surface area contributed by atoms with Crippen LogP contribution in [0.2, 0.25) is 0 Å². The number of aromatic nitrogens is 1. The molecule has 2 aromatic carbocycles. The lowest BCUT2D eigenvalue weighted by atomic mass is 10.1. The normalized spacial score (nSPS) is 10.3. The second-order valence-corrected chi connectivity index (χ2v) is 6.99. The number of methoxy groups -OCH3 is 1. The standard InChI is InChI=1S/C25H26N2O5/c1-4-31-25(29)20-11-12-21(27-17(20)2)24(28)26-15-19-10-13-22(23(14-19)30-3)32-16-18-8-6-5-7-9-18/h5-14H,4,15-16H2,1-3H3,(H,26,28). The number of carbonyl (C=O) groups excluding carboxylic acids is 2. The summed E-state index contributed by atoms with van der Waals surface area (Å²) in [5, 5.41) is 2.83. The van der Waals surface area contributed by atoms with Crippen LogP contribution < -0.4 is 14.8 Å². The molecule has 0 atom stereocenters. The molecule has 0 saturated carbocycles. The molecule has 0 unspecified atom stereocenters. The smallest absolute Gasteiger partial charge is 0.339 e. The lowest BCUT2D eigenvalue weighted by molar-refractivity contribution is 0.0524. The summed E-state index contributed by atoms with van der Waals surface area (Å²) in [4.78, 5) is 28.6. The fraction of sp³-hybridized carbons (Fsp3) is 0.240. The van der Waals surface area contributed by atoms with Gasteiger partial charge in [0.2, 0.25) is 0 Å². The third-order valence-corrected chi connectivity index (χ3v) is 4.73. The lowest BCUT2D eigenvalue weighted by Gasteiger charge is -2.13. The van der Waals surface area contributed by atoms with E-state index in [0.29, 0.717) is 29.4 Å². The topological polar surface area (TPSA) is 86.8 Å². The average molecular weight is 434 g/mol. The van der Waals surface area contributed by atoms with Crippen LogP contribution in [0.5, 0.6) is 11.5 Å². The second kappa shape index (κ2) is 10.9. The molecular weight excluding hydrogens is 408 g/mol. The molecule has 1 N–H and O–H groups in total. The molecule has 7 heteroatoms. The number of esters is 1.